The Hall–Kier alpha value is -1.44. The predicted molar refractivity (Wildman–Crippen MR) is 84.5 cm³/mol. The molecule has 0 saturated carbocycles. The summed E-state index contributed by atoms with van der Waals surface area (Å²) in [5, 5.41) is 0.728. The Balaban J connectivity index is 2.07. The maximum absolute atomic E-state index is 13.2. The highest BCUT2D eigenvalue weighted by Gasteiger charge is 2.17. The van der Waals surface area contributed by atoms with Crippen LogP contribution in [0.3, 0.4) is 0 Å². The van der Waals surface area contributed by atoms with E-state index in [0.717, 1.165) is 14.5 Å². The van der Waals surface area contributed by atoms with E-state index >= 15 is 0 Å². The summed E-state index contributed by atoms with van der Waals surface area (Å²) in [5.74, 6) is 6.03. The smallest absolute Gasteiger partial charge is 0.134 e. The summed E-state index contributed by atoms with van der Waals surface area (Å²) in [4.78, 5) is 0. The van der Waals surface area contributed by atoms with Crippen LogP contribution in [-0.2, 0) is 0 Å². The third-order valence-corrected chi connectivity index (χ3v) is 3.80. The third-order valence-electron chi connectivity index (χ3n) is 3.13. The molecule has 0 radical (unpaired) electrons. The summed E-state index contributed by atoms with van der Waals surface area (Å²) >= 11 is 2.24. The molecule has 0 aliphatic heterocycles. The van der Waals surface area contributed by atoms with E-state index in [2.05, 4.69) is 28.0 Å². The molecule has 0 bridgehead atoms. The van der Waals surface area contributed by atoms with Crippen molar-refractivity contribution in [3.63, 3.8) is 0 Å². The predicted octanol–water partition coefficient (Wildman–Crippen LogP) is 3.73. The summed E-state index contributed by atoms with van der Waals surface area (Å²) in [6.07, 6.45) is 0. The van der Waals surface area contributed by atoms with Crippen LogP contribution in [0.1, 0.15) is 17.4 Å². The van der Waals surface area contributed by atoms with Crippen LogP contribution in [-0.4, -0.2) is 0 Å². The first kappa shape index (κ1) is 13.5. The lowest BCUT2D eigenvalue weighted by molar-refractivity contribution is 0.477. The molecular weight excluding hydrogens is 370 g/mol. The van der Waals surface area contributed by atoms with Crippen molar-refractivity contribution in [1.82, 2.24) is 5.43 Å². The van der Waals surface area contributed by atoms with Gasteiger partial charge in [-0.25, -0.2) is 9.82 Å². The molecular formula is C15H12FIN2O. The fraction of sp³-hybridized carbons (Fsp3) is 0.0667. The van der Waals surface area contributed by atoms with Gasteiger partial charge in [0.2, 0.25) is 0 Å². The summed E-state index contributed by atoms with van der Waals surface area (Å²) < 4.78 is 20.1. The maximum atomic E-state index is 13.2. The molecule has 3 nitrogen and oxygen atoms in total. The minimum absolute atomic E-state index is 0.264. The number of halogens is 2. The van der Waals surface area contributed by atoms with Crippen molar-refractivity contribution in [3.8, 4) is 0 Å². The first-order valence-corrected chi connectivity index (χ1v) is 7.16. The number of rotatable bonds is 3. The standard InChI is InChI=1S/C15H12FIN2O/c16-11-4-5-13-10(6-11)8-14(20-13)15(19-18)9-2-1-3-12(17)7-9/h1-8,15,19H,18H2. The number of nitrogens with one attached hydrogen (secondary N) is 1. The first-order chi connectivity index (χ1) is 9.67. The van der Waals surface area contributed by atoms with E-state index in [1.165, 1.54) is 12.1 Å². The average molecular weight is 382 g/mol. The molecule has 0 fully saturated rings. The van der Waals surface area contributed by atoms with Crippen LogP contribution in [0, 0.1) is 9.39 Å². The number of benzene rings is 2. The molecule has 20 heavy (non-hydrogen) atoms. The highest BCUT2D eigenvalue weighted by molar-refractivity contribution is 14.1. The zero-order valence-electron chi connectivity index (χ0n) is 10.4. The van der Waals surface area contributed by atoms with Crippen LogP contribution < -0.4 is 11.3 Å². The molecule has 1 aromatic heterocycles. The zero-order valence-corrected chi connectivity index (χ0v) is 12.6. The van der Waals surface area contributed by atoms with E-state index < -0.39 is 0 Å². The molecule has 0 saturated heterocycles. The minimum Gasteiger partial charge on any atom is -0.459 e. The molecule has 3 aromatic rings. The second-order valence-electron chi connectivity index (χ2n) is 4.49. The summed E-state index contributed by atoms with van der Waals surface area (Å²) in [6, 6.07) is 14.0. The van der Waals surface area contributed by atoms with Gasteiger partial charge in [-0.2, -0.15) is 0 Å². The van der Waals surface area contributed by atoms with E-state index in [1.54, 1.807) is 6.07 Å². The largest absolute Gasteiger partial charge is 0.459 e. The van der Waals surface area contributed by atoms with Gasteiger partial charge in [-0.15, -0.1) is 0 Å². The Kier molecular flexibility index (Phi) is 3.73. The molecule has 102 valence electrons. The average Bonchev–Trinajstić information content (AvgIpc) is 2.82. The lowest BCUT2D eigenvalue weighted by Crippen LogP contribution is -2.28. The van der Waals surface area contributed by atoms with Crippen LogP contribution in [0.25, 0.3) is 11.0 Å². The van der Waals surface area contributed by atoms with Gasteiger partial charge in [-0.3, -0.25) is 5.84 Å². The SMILES string of the molecule is NNC(c1cccc(I)c1)c1cc2cc(F)ccc2o1. The van der Waals surface area contributed by atoms with Crippen molar-refractivity contribution < 1.29 is 8.81 Å². The lowest BCUT2D eigenvalue weighted by atomic mass is 10.1. The Morgan fingerprint density at radius 1 is 1.15 bits per heavy atom. The molecule has 5 heteroatoms. The van der Waals surface area contributed by atoms with Crippen molar-refractivity contribution in [2.75, 3.05) is 0 Å². The van der Waals surface area contributed by atoms with E-state index in [9.17, 15) is 4.39 Å². The summed E-state index contributed by atoms with van der Waals surface area (Å²) in [6.45, 7) is 0. The van der Waals surface area contributed by atoms with Crippen molar-refractivity contribution in [2.45, 2.75) is 6.04 Å². The normalized spacial score (nSPS) is 12.8. The Labute approximate surface area is 129 Å². The van der Waals surface area contributed by atoms with Crippen LogP contribution >= 0.6 is 22.6 Å². The molecule has 0 amide bonds. The van der Waals surface area contributed by atoms with Gasteiger partial charge >= 0.3 is 0 Å². The van der Waals surface area contributed by atoms with Crippen LogP contribution in [0.5, 0.6) is 0 Å². The van der Waals surface area contributed by atoms with Crippen molar-refractivity contribution in [3.05, 3.63) is 69.2 Å². The van der Waals surface area contributed by atoms with E-state index in [1.807, 2.05) is 30.3 Å². The van der Waals surface area contributed by atoms with Gasteiger partial charge < -0.3 is 4.42 Å². The van der Waals surface area contributed by atoms with Crippen molar-refractivity contribution in [2.24, 2.45) is 5.84 Å². The monoisotopic (exact) mass is 382 g/mol. The molecule has 0 aliphatic carbocycles. The van der Waals surface area contributed by atoms with Crippen LogP contribution in [0.15, 0.2) is 52.9 Å². The highest BCUT2D eigenvalue weighted by atomic mass is 127. The number of hydrogen-bond acceptors (Lipinski definition) is 3. The molecule has 1 unspecified atom stereocenters. The van der Waals surface area contributed by atoms with Gasteiger partial charge in [0, 0.05) is 8.96 Å². The zero-order chi connectivity index (χ0) is 14.1. The molecule has 0 spiro atoms. The van der Waals surface area contributed by atoms with Gasteiger partial charge in [-0.05, 0) is 64.6 Å². The van der Waals surface area contributed by atoms with Gasteiger partial charge in [0.25, 0.3) is 0 Å². The second kappa shape index (κ2) is 5.51. The number of hydrogen-bond donors (Lipinski definition) is 2. The highest BCUT2D eigenvalue weighted by Crippen LogP contribution is 2.28. The van der Waals surface area contributed by atoms with Gasteiger partial charge in [-0.1, -0.05) is 12.1 Å². The molecule has 1 heterocycles. The fourth-order valence-corrected chi connectivity index (χ4v) is 2.77. The van der Waals surface area contributed by atoms with E-state index in [4.69, 9.17) is 10.3 Å². The number of nitrogens with two attached hydrogens (primary N) is 1. The Morgan fingerprint density at radius 2 is 2.00 bits per heavy atom. The molecule has 3 N–H and O–H groups in total. The summed E-state index contributed by atoms with van der Waals surface area (Å²) in [5.41, 5.74) is 4.39. The summed E-state index contributed by atoms with van der Waals surface area (Å²) in [7, 11) is 0. The van der Waals surface area contributed by atoms with E-state index in [-0.39, 0.29) is 11.9 Å². The Morgan fingerprint density at radius 3 is 2.75 bits per heavy atom. The topological polar surface area (TPSA) is 51.2 Å². The van der Waals surface area contributed by atoms with Gasteiger partial charge in [0.1, 0.15) is 23.2 Å². The minimum atomic E-state index is -0.281. The quantitative estimate of drug-likeness (QED) is 0.412. The number of furan rings is 1. The fourth-order valence-electron chi connectivity index (χ4n) is 2.21. The third kappa shape index (κ3) is 2.56. The van der Waals surface area contributed by atoms with E-state index in [0.29, 0.717) is 11.3 Å². The van der Waals surface area contributed by atoms with Crippen LogP contribution in [0.4, 0.5) is 4.39 Å². The van der Waals surface area contributed by atoms with Crippen LogP contribution in [0.2, 0.25) is 0 Å². The Bertz CT molecular complexity index is 756. The molecule has 1 atom stereocenters. The van der Waals surface area contributed by atoms with Gasteiger partial charge in [0.15, 0.2) is 0 Å². The lowest BCUT2D eigenvalue weighted by Gasteiger charge is -2.13. The molecule has 2 aromatic carbocycles. The molecule has 0 aliphatic rings. The van der Waals surface area contributed by atoms with Crippen molar-refractivity contribution >= 4 is 33.6 Å². The number of fused-ring (bicyclic) bond motifs is 1. The second-order valence-corrected chi connectivity index (χ2v) is 5.73. The first-order valence-electron chi connectivity index (χ1n) is 6.08. The van der Waals surface area contributed by atoms with Gasteiger partial charge in [0.05, 0.1) is 0 Å². The molecule has 3 rings (SSSR count). The number of hydrazine groups is 1. The maximum Gasteiger partial charge on any atom is 0.134 e. The van der Waals surface area contributed by atoms with Crippen molar-refractivity contribution in [1.29, 1.82) is 0 Å².